The van der Waals surface area contributed by atoms with Crippen LogP contribution in [0.5, 0.6) is 5.88 Å². The minimum Gasteiger partial charge on any atom is -0.481 e. The number of nitrogens with one attached hydrogen (secondary N) is 1. The molecule has 0 aliphatic rings. The van der Waals surface area contributed by atoms with E-state index in [4.69, 9.17) is 9.15 Å². The van der Waals surface area contributed by atoms with E-state index in [1.165, 1.54) is 31.6 Å². The van der Waals surface area contributed by atoms with Gasteiger partial charge in [-0.3, -0.25) is 9.52 Å². The van der Waals surface area contributed by atoms with Gasteiger partial charge >= 0.3 is 0 Å². The Morgan fingerprint density at radius 2 is 1.96 bits per heavy atom. The Morgan fingerprint density at radius 1 is 1.21 bits per heavy atom. The summed E-state index contributed by atoms with van der Waals surface area (Å²) in [4.78, 5) is 19.8. The van der Waals surface area contributed by atoms with Crippen LogP contribution in [0.15, 0.2) is 58.0 Å². The van der Waals surface area contributed by atoms with E-state index in [0.717, 1.165) is 0 Å². The van der Waals surface area contributed by atoms with E-state index >= 15 is 0 Å². The van der Waals surface area contributed by atoms with Gasteiger partial charge in [-0.05, 0) is 29.8 Å². The fraction of sp³-hybridized carbons (Fsp3) is 0.167. The van der Waals surface area contributed by atoms with Gasteiger partial charge in [-0.2, -0.15) is 4.98 Å². The van der Waals surface area contributed by atoms with Crippen LogP contribution in [0.2, 0.25) is 0 Å². The molecule has 2 heterocycles. The van der Waals surface area contributed by atoms with E-state index in [2.05, 4.69) is 14.7 Å². The molecule has 0 saturated heterocycles. The third kappa shape index (κ3) is 4.53. The van der Waals surface area contributed by atoms with Crippen LogP contribution in [0.4, 0.5) is 5.82 Å². The van der Waals surface area contributed by atoms with Crippen molar-refractivity contribution in [3.8, 4) is 5.88 Å². The number of carbonyl (C=O) groups is 1. The third-order valence-corrected chi connectivity index (χ3v) is 5.10. The number of nitrogens with zero attached hydrogens (tertiary/aromatic N) is 2. The van der Waals surface area contributed by atoms with E-state index in [-0.39, 0.29) is 40.4 Å². The number of aliphatic hydroxyl groups is 1. The molecule has 0 fully saturated rings. The SMILES string of the molecule is COc1cc(NS(=O)(=O)c2ccc(CC(=O)c3ccco3)cc2)nc(CO)n1. The van der Waals surface area contributed by atoms with Crippen molar-refractivity contribution in [1.29, 1.82) is 0 Å². The van der Waals surface area contributed by atoms with Crippen molar-refractivity contribution in [3.05, 3.63) is 65.9 Å². The van der Waals surface area contributed by atoms with E-state index in [1.54, 1.807) is 24.3 Å². The van der Waals surface area contributed by atoms with Crippen molar-refractivity contribution in [2.24, 2.45) is 0 Å². The predicted octanol–water partition coefficient (Wildman–Crippen LogP) is 1.80. The van der Waals surface area contributed by atoms with Gasteiger partial charge in [0.2, 0.25) is 11.7 Å². The van der Waals surface area contributed by atoms with Crippen molar-refractivity contribution < 1.29 is 27.5 Å². The molecule has 3 aromatic rings. The molecule has 0 bridgehead atoms. The van der Waals surface area contributed by atoms with E-state index < -0.39 is 16.6 Å². The number of hydrogen-bond acceptors (Lipinski definition) is 8. The zero-order valence-electron chi connectivity index (χ0n) is 14.8. The Kier molecular flexibility index (Phi) is 5.71. The lowest BCUT2D eigenvalue weighted by Gasteiger charge is -2.10. The molecule has 2 aromatic heterocycles. The summed E-state index contributed by atoms with van der Waals surface area (Å²) >= 11 is 0. The Hall–Kier alpha value is -3.24. The molecule has 0 spiro atoms. The van der Waals surface area contributed by atoms with E-state index in [9.17, 15) is 18.3 Å². The average molecular weight is 403 g/mol. The second-order valence-corrected chi connectivity index (χ2v) is 7.38. The van der Waals surface area contributed by atoms with Crippen molar-refractivity contribution >= 4 is 21.6 Å². The number of Topliss-reactive ketones (excluding diaryl/α,β-unsaturated/α-hetero) is 1. The summed E-state index contributed by atoms with van der Waals surface area (Å²) in [5.74, 6) is 0.138. The molecule has 0 atom stereocenters. The molecule has 10 heteroatoms. The molecular formula is C18H17N3O6S. The van der Waals surface area contributed by atoms with Gasteiger partial charge in [0, 0.05) is 12.5 Å². The fourth-order valence-electron chi connectivity index (χ4n) is 2.39. The summed E-state index contributed by atoms with van der Waals surface area (Å²) in [6, 6.07) is 10.4. The number of benzene rings is 1. The molecule has 0 aliphatic heterocycles. The van der Waals surface area contributed by atoms with Crippen molar-refractivity contribution in [3.63, 3.8) is 0 Å². The minimum absolute atomic E-state index is 0.00942. The number of hydrogen-bond donors (Lipinski definition) is 2. The van der Waals surface area contributed by atoms with Gasteiger partial charge in [0.15, 0.2) is 11.6 Å². The van der Waals surface area contributed by atoms with Crippen molar-refractivity contribution in [2.45, 2.75) is 17.9 Å². The lowest BCUT2D eigenvalue weighted by Crippen LogP contribution is -2.15. The minimum atomic E-state index is -3.93. The second-order valence-electron chi connectivity index (χ2n) is 5.70. The quantitative estimate of drug-likeness (QED) is 0.544. The smallest absolute Gasteiger partial charge is 0.263 e. The first-order valence-electron chi connectivity index (χ1n) is 8.12. The molecule has 3 rings (SSSR count). The van der Waals surface area contributed by atoms with Gasteiger partial charge < -0.3 is 14.3 Å². The maximum Gasteiger partial charge on any atom is 0.263 e. The highest BCUT2D eigenvalue weighted by Crippen LogP contribution is 2.19. The monoisotopic (exact) mass is 403 g/mol. The molecule has 0 saturated carbocycles. The largest absolute Gasteiger partial charge is 0.481 e. The first kappa shape index (κ1) is 19.5. The van der Waals surface area contributed by atoms with Crippen molar-refractivity contribution in [2.75, 3.05) is 11.8 Å². The Bertz CT molecular complexity index is 1040. The maximum atomic E-state index is 12.6. The lowest BCUT2D eigenvalue weighted by atomic mass is 10.1. The lowest BCUT2D eigenvalue weighted by molar-refractivity contribution is 0.0966. The summed E-state index contributed by atoms with van der Waals surface area (Å²) in [6.45, 7) is -0.468. The second kappa shape index (κ2) is 8.19. The number of ether oxygens (including phenoxy) is 1. The number of rotatable bonds is 8. The molecule has 1 aromatic carbocycles. The van der Waals surface area contributed by atoms with Gasteiger partial charge in [-0.15, -0.1) is 0 Å². The van der Waals surface area contributed by atoms with Crippen LogP contribution < -0.4 is 9.46 Å². The summed E-state index contributed by atoms with van der Waals surface area (Å²) in [5, 5.41) is 9.18. The first-order chi connectivity index (χ1) is 13.4. The van der Waals surface area contributed by atoms with Crippen LogP contribution >= 0.6 is 0 Å². The number of carbonyl (C=O) groups excluding carboxylic acids is 1. The molecular weight excluding hydrogens is 386 g/mol. The number of ketones is 1. The van der Waals surface area contributed by atoms with Gasteiger partial charge in [0.05, 0.1) is 18.3 Å². The van der Waals surface area contributed by atoms with E-state index in [0.29, 0.717) is 5.56 Å². The first-order valence-corrected chi connectivity index (χ1v) is 9.61. The molecule has 0 radical (unpaired) electrons. The predicted molar refractivity (Wildman–Crippen MR) is 98.5 cm³/mol. The summed E-state index contributed by atoms with van der Waals surface area (Å²) < 4.78 is 37.5. The molecule has 0 aliphatic carbocycles. The van der Waals surface area contributed by atoms with Gasteiger partial charge in [-0.25, -0.2) is 13.4 Å². The molecule has 28 heavy (non-hydrogen) atoms. The molecule has 9 nitrogen and oxygen atoms in total. The summed E-state index contributed by atoms with van der Waals surface area (Å²) in [5.41, 5.74) is 0.645. The van der Waals surface area contributed by atoms with Crippen LogP contribution in [0, 0.1) is 0 Å². The zero-order chi connectivity index (χ0) is 20.1. The molecule has 2 N–H and O–H groups in total. The average Bonchev–Trinajstić information content (AvgIpc) is 3.22. The van der Waals surface area contributed by atoms with Gasteiger partial charge in [-0.1, -0.05) is 12.1 Å². The Balaban J connectivity index is 1.76. The molecule has 0 unspecified atom stereocenters. The molecule has 146 valence electrons. The number of anilines is 1. The van der Waals surface area contributed by atoms with Gasteiger partial charge in [0.1, 0.15) is 12.4 Å². The summed E-state index contributed by atoms with van der Waals surface area (Å²) in [7, 11) is -2.57. The number of furan rings is 1. The van der Waals surface area contributed by atoms with Crippen LogP contribution in [0.25, 0.3) is 0 Å². The fourth-order valence-corrected chi connectivity index (χ4v) is 3.39. The topological polar surface area (TPSA) is 132 Å². The summed E-state index contributed by atoms with van der Waals surface area (Å²) in [6.07, 6.45) is 1.50. The highest BCUT2D eigenvalue weighted by Gasteiger charge is 2.17. The number of aromatic nitrogens is 2. The van der Waals surface area contributed by atoms with Crippen LogP contribution in [-0.4, -0.2) is 36.4 Å². The van der Waals surface area contributed by atoms with Crippen LogP contribution in [-0.2, 0) is 23.1 Å². The van der Waals surface area contributed by atoms with Crippen LogP contribution in [0.3, 0.4) is 0 Å². The normalized spacial score (nSPS) is 11.2. The van der Waals surface area contributed by atoms with Crippen molar-refractivity contribution in [1.82, 2.24) is 9.97 Å². The number of sulfonamides is 1. The maximum absolute atomic E-state index is 12.6. The molecule has 0 amide bonds. The number of aliphatic hydroxyl groups excluding tert-OH is 1. The highest BCUT2D eigenvalue weighted by molar-refractivity contribution is 7.92. The van der Waals surface area contributed by atoms with E-state index in [1.807, 2.05) is 0 Å². The van der Waals surface area contributed by atoms with Crippen LogP contribution in [0.1, 0.15) is 21.9 Å². The van der Waals surface area contributed by atoms with Gasteiger partial charge in [0.25, 0.3) is 10.0 Å². The highest BCUT2D eigenvalue weighted by atomic mass is 32.2. The third-order valence-electron chi connectivity index (χ3n) is 3.73. The standard InChI is InChI=1S/C18H17N3O6S/c1-26-18-10-16(19-17(11-22)20-18)21-28(24,25)13-6-4-12(5-7-13)9-14(23)15-3-2-8-27-15/h2-8,10,22H,9,11H2,1H3,(H,19,20,21). The zero-order valence-corrected chi connectivity index (χ0v) is 15.6. The Morgan fingerprint density at radius 3 is 2.57 bits per heavy atom. The Labute approximate surface area is 161 Å². The number of methoxy groups -OCH3 is 1.